The average Bonchev–Trinajstić information content (AvgIpc) is 3.49. The Morgan fingerprint density at radius 3 is 2.35 bits per heavy atom. The van der Waals surface area contributed by atoms with Crippen molar-refractivity contribution >= 4 is 16.6 Å². The fourth-order valence-electron chi connectivity index (χ4n) is 5.07. The first kappa shape index (κ1) is 20.4. The Hall–Kier alpha value is -4.26. The molecule has 0 aliphatic carbocycles. The monoisotopic (exact) mass is 452 g/mol. The molecular formula is C27H24N4O3. The van der Waals surface area contributed by atoms with Gasteiger partial charge >= 0.3 is 5.69 Å². The van der Waals surface area contributed by atoms with Crippen LogP contribution in [0.2, 0.25) is 0 Å². The number of nitrogens with one attached hydrogen (secondary N) is 1. The first-order valence-corrected chi connectivity index (χ1v) is 11.2. The number of anilines is 1. The predicted octanol–water partition coefficient (Wildman–Crippen LogP) is 4.42. The molecule has 0 saturated heterocycles. The molecule has 0 bridgehead atoms. The molecule has 0 amide bonds. The zero-order valence-corrected chi connectivity index (χ0v) is 19.4. The fraction of sp³-hybridized carbons (Fsp3) is 0.185. The van der Waals surface area contributed by atoms with Crippen LogP contribution in [0.15, 0.2) is 74.9 Å². The zero-order chi connectivity index (χ0) is 23.7. The normalized spacial score (nSPS) is 14.6. The first-order valence-electron chi connectivity index (χ1n) is 11.2. The van der Waals surface area contributed by atoms with E-state index in [4.69, 9.17) is 4.42 Å². The summed E-state index contributed by atoms with van der Waals surface area (Å²) < 4.78 is 10.7. The van der Waals surface area contributed by atoms with Crippen molar-refractivity contribution in [1.29, 1.82) is 0 Å². The summed E-state index contributed by atoms with van der Waals surface area (Å²) in [6.45, 7) is 4.16. The molecule has 2 aromatic carbocycles. The molecule has 0 saturated carbocycles. The Labute approximate surface area is 195 Å². The number of hydrogen-bond donors (Lipinski definition) is 1. The average molecular weight is 453 g/mol. The summed E-state index contributed by atoms with van der Waals surface area (Å²) in [5, 5.41) is 4.13. The van der Waals surface area contributed by atoms with Gasteiger partial charge in [0.15, 0.2) is 0 Å². The highest BCUT2D eigenvalue weighted by Gasteiger charge is 2.36. The number of hydrogen-bond acceptors (Lipinski definition) is 4. The first-order chi connectivity index (χ1) is 16.4. The zero-order valence-electron chi connectivity index (χ0n) is 19.4. The lowest BCUT2D eigenvalue weighted by molar-refractivity contribution is 0.492. The maximum Gasteiger partial charge on any atom is 0.331 e. The maximum absolute atomic E-state index is 13.6. The second-order valence-electron chi connectivity index (χ2n) is 8.91. The summed E-state index contributed by atoms with van der Waals surface area (Å²) in [6.07, 6.45) is 1.64. The fourth-order valence-corrected chi connectivity index (χ4v) is 5.07. The Morgan fingerprint density at radius 1 is 0.912 bits per heavy atom. The SMILES string of the molecule is Cc1cc2c(cc1C)-n1c(-c3ccccc3)c3c(=O)n(C)c(=O)n(C)c3c1[C@@H](c1ccco1)N2. The minimum Gasteiger partial charge on any atom is -0.467 e. The van der Waals surface area contributed by atoms with Crippen LogP contribution in [0, 0.1) is 13.8 Å². The van der Waals surface area contributed by atoms with E-state index in [9.17, 15) is 9.59 Å². The van der Waals surface area contributed by atoms with Crippen molar-refractivity contribution < 1.29 is 4.42 Å². The molecule has 34 heavy (non-hydrogen) atoms. The molecule has 1 aliphatic rings. The quantitative estimate of drug-likeness (QED) is 0.430. The second-order valence-corrected chi connectivity index (χ2v) is 8.91. The smallest absolute Gasteiger partial charge is 0.331 e. The van der Waals surface area contributed by atoms with Crippen LogP contribution in [0.1, 0.15) is 28.6 Å². The second kappa shape index (κ2) is 7.12. The minimum absolute atomic E-state index is 0.317. The molecule has 0 fully saturated rings. The lowest BCUT2D eigenvalue weighted by Crippen LogP contribution is -2.37. The van der Waals surface area contributed by atoms with Gasteiger partial charge in [-0.1, -0.05) is 30.3 Å². The van der Waals surface area contributed by atoms with Crippen LogP contribution in [-0.2, 0) is 14.1 Å². The molecule has 4 heterocycles. The van der Waals surface area contributed by atoms with E-state index < -0.39 is 0 Å². The highest BCUT2D eigenvalue weighted by atomic mass is 16.3. The van der Waals surface area contributed by atoms with Gasteiger partial charge in [0, 0.05) is 14.1 Å². The number of nitrogens with zero attached hydrogens (tertiary/aromatic N) is 3. The molecule has 0 unspecified atom stereocenters. The molecule has 3 aromatic heterocycles. The molecule has 6 rings (SSSR count). The van der Waals surface area contributed by atoms with Crippen LogP contribution in [-0.4, -0.2) is 13.7 Å². The van der Waals surface area contributed by atoms with E-state index in [1.165, 1.54) is 11.6 Å². The van der Waals surface area contributed by atoms with Gasteiger partial charge in [0.05, 0.1) is 39.9 Å². The summed E-state index contributed by atoms with van der Waals surface area (Å²) in [7, 11) is 3.24. The lowest BCUT2D eigenvalue weighted by atomic mass is 10.0. The topological polar surface area (TPSA) is 74.1 Å². The summed E-state index contributed by atoms with van der Waals surface area (Å²) in [5.41, 5.74) is 6.57. The van der Waals surface area contributed by atoms with Crippen molar-refractivity contribution in [1.82, 2.24) is 13.7 Å². The lowest BCUT2D eigenvalue weighted by Gasteiger charge is -2.30. The number of aromatic nitrogens is 3. The van der Waals surface area contributed by atoms with Gasteiger partial charge < -0.3 is 14.3 Å². The third-order valence-electron chi connectivity index (χ3n) is 6.91. The Kier molecular flexibility index (Phi) is 4.26. The minimum atomic E-state index is -0.387. The third kappa shape index (κ3) is 2.64. The third-order valence-corrected chi connectivity index (χ3v) is 6.91. The van der Waals surface area contributed by atoms with Crippen LogP contribution in [0.25, 0.3) is 27.8 Å². The number of benzene rings is 2. The van der Waals surface area contributed by atoms with E-state index >= 15 is 0 Å². The van der Waals surface area contributed by atoms with Gasteiger partial charge in [-0.2, -0.15) is 0 Å². The van der Waals surface area contributed by atoms with E-state index in [-0.39, 0.29) is 17.3 Å². The Balaban J connectivity index is 1.90. The standard InChI is InChI=1S/C27H24N4O3/c1-15-13-18-19(14-16(15)2)31-23(17-9-6-5-7-10-17)21-24(29(3)27(33)30(4)26(21)32)25(31)22(28-18)20-11-8-12-34-20/h5-14,22,28H,1-4H3/t22-/m1/s1. The van der Waals surface area contributed by atoms with Crippen LogP contribution in [0.5, 0.6) is 0 Å². The molecule has 7 nitrogen and oxygen atoms in total. The molecule has 0 radical (unpaired) electrons. The van der Waals surface area contributed by atoms with E-state index in [0.717, 1.165) is 39.5 Å². The van der Waals surface area contributed by atoms with Gasteiger partial charge in [0.1, 0.15) is 11.8 Å². The van der Waals surface area contributed by atoms with E-state index in [1.807, 2.05) is 42.5 Å². The molecule has 0 spiro atoms. The van der Waals surface area contributed by atoms with Gasteiger partial charge in [0.2, 0.25) is 0 Å². The highest BCUT2D eigenvalue weighted by Crippen LogP contribution is 2.46. The summed E-state index contributed by atoms with van der Waals surface area (Å²) in [4.78, 5) is 26.7. The Morgan fingerprint density at radius 2 is 1.65 bits per heavy atom. The van der Waals surface area contributed by atoms with Crippen LogP contribution < -0.4 is 16.6 Å². The summed E-state index contributed by atoms with van der Waals surface area (Å²) in [5.74, 6) is 0.706. The van der Waals surface area contributed by atoms with Crippen molar-refractivity contribution in [3.63, 3.8) is 0 Å². The maximum atomic E-state index is 13.6. The van der Waals surface area contributed by atoms with Crippen molar-refractivity contribution in [3.8, 4) is 16.9 Å². The molecule has 170 valence electrons. The van der Waals surface area contributed by atoms with Gasteiger partial charge in [-0.05, 0) is 54.8 Å². The van der Waals surface area contributed by atoms with Crippen LogP contribution in [0.4, 0.5) is 5.69 Å². The Bertz CT molecular complexity index is 1700. The summed E-state index contributed by atoms with van der Waals surface area (Å²) >= 11 is 0. The molecule has 5 aromatic rings. The van der Waals surface area contributed by atoms with Crippen molar-refractivity contribution in [3.05, 3.63) is 104 Å². The van der Waals surface area contributed by atoms with Crippen LogP contribution in [0.3, 0.4) is 0 Å². The number of fused-ring (bicyclic) bond motifs is 5. The van der Waals surface area contributed by atoms with Gasteiger partial charge in [-0.15, -0.1) is 0 Å². The molecule has 7 heteroatoms. The predicted molar refractivity (Wildman–Crippen MR) is 133 cm³/mol. The van der Waals surface area contributed by atoms with Gasteiger partial charge in [0.25, 0.3) is 5.56 Å². The molecule has 1 atom stereocenters. The number of aryl methyl sites for hydroxylation is 3. The highest BCUT2D eigenvalue weighted by molar-refractivity contribution is 5.99. The number of furan rings is 1. The van der Waals surface area contributed by atoms with Crippen molar-refractivity contribution in [2.24, 2.45) is 14.1 Å². The molecule has 1 N–H and O–H groups in total. The van der Waals surface area contributed by atoms with E-state index in [0.29, 0.717) is 16.7 Å². The van der Waals surface area contributed by atoms with Gasteiger partial charge in [-0.25, -0.2) is 4.79 Å². The van der Waals surface area contributed by atoms with Crippen molar-refractivity contribution in [2.45, 2.75) is 19.9 Å². The summed E-state index contributed by atoms with van der Waals surface area (Å²) in [6, 6.07) is 17.5. The number of rotatable bonds is 2. The van der Waals surface area contributed by atoms with Crippen molar-refractivity contribution in [2.75, 3.05) is 5.32 Å². The van der Waals surface area contributed by atoms with E-state index in [1.54, 1.807) is 17.9 Å². The molecular weight excluding hydrogens is 428 g/mol. The van der Waals surface area contributed by atoms with Crippen LogP contribution >= 0.6 is 0 Å². The van der Waals surface area contributed by atoms with Gasteiger partial charge in [-0.3, -0.25) is 13.9 Å². The molecule has 1 aliphatic heterocycles. The van der Waals surface area contributed by atoms with E-state index in [2.05, 4.69) is 35.9 Å². The largest absolute Gasteiger partial charge is 0.467 e.